The summed E-state index contributed by atoms with van der Waals surface area (Å²) < 4.78 is 5.57. The van der Waals surface area contributed by atoms with Gasteiger partial charge in [-0.15, -0.1) is 0 Å². The van der Waals surface area contributed by atoms with Crippen molar-refractivity contribution in [3.8, 4) is 0 Å². The van der Waals surface area contributed by atoms with Crippen LogP contribution in [0.1, 0.15) is 39.2 Å². The zero-order valence-electron chi connectivity index (χ0n) is 8.68. The van der Waals surface area contributed by atoms with Crippen LogP contribution in [-0.4, -0.2) is 0 Å². The molecule has 1 aromatic rings. The molecule has 1 heterocycles. The van der Waals surface area contributed by atoms with Gasteiger partial charge in [0.05, 0.1) is 0 Å². The molecule has 2 nitrogen and oxygen atoms in total. The quantitative estimate of drug-likeness (QED) is 0.664. The molecule has 1 rings (SSSR count). The van der Waals surface area contributed by atoms with Crippen molar-refractivity contribution in [3.63, 3.8) is 0 Å². The molecule has 0 saturated carbocycles. The first-order chi connectivity index (χ1) is 5.93. The minimum absolute atomic E-state index is 0.0352. The highest BCUT2D eigenvalue weighted by molar-refractivity contribution is 5.12. The molecule has 1 aromatic heterocycles. The summed E-state index contributed by atoms with van der Waals surface area (Å²) in [4.78, 5) is 11.3. The van der Waals surface area contributed by atoms with E-state index < -0.39 is 0 Å². The molecule has 0 fully saturated rings. The Kier molecular flexibility index (Phi) is 2.60. The lowest BCUT2D eigenvalue weighted by atomic mass is 9.93. The van der Waals surface area contributed by atoms with Crippen molar-refractivity contribution >= 4 is 0 Å². The van der Waals surface area contributed by atoms with Gasteiger partial charge >= 0.3 is 0 Å². The first-order valence-corrected chi connectivity index (χ1v) is 4.58. The molecule has 0 N–H and O–H groups in total. The van der Waals surface area contributed by atoms with E-state index in [0.717, 1.165) is 17.9 Å². The summed E-state index contributed by atoms with van der Waals surface area (Å²) >= 11 is 0. The minimum Gasteiger partial charge on any atom is -0.465 e. The zero-order chi connectivity index (χ0) is 10.1. The molecule has 0 aliphatic heterocycles. The monoisotopic (exact) mass is 180 g/mol. The lowest BCUT2D eigenvalue weighted by molar-refractivity contribution is 0.373. The smallest absolute Gasteiger partial charge is 0.185 e. The van der Waals surface area contributed by atoms with Gasteiger partial charge in [0.15, 0.2) is 5.43 Å². The molecule has 0 atom stereocenters. The molecular formula is C11H16O2. The average Bonchev–Trinajstić information content (AvgIpc) is 2.01. The second-order valence-corrected chi connectivity index (χ2v) is 4.23. The van der Waals surface area contributed by atoms with Crippen molar-refractivity contribution in [2.75, 3.05) is 0 Å². The number of rotatable bonds is 1. The number of hydrogen-bond donors (Lipinski definition) is 0. The lowest BCUT2D eigenvalue weighted by Gasteiger charge is -2.17. The van der Waals surface area contributed by atoms with E-state index in [2.05, 4.69) is 0 Å². The van der Waals surface area contributed by atoms with Gasteiger partial charge in [-0.05, 0) is 0 Å². The Morgan fingerprint density at radius 3 is 2.38 bits per heavy atom. The third-order valence-electron chi connectivity index (χ3n) is 1.91. The predicted octanol–water partition coefficient (Wildman–Crippen LogP) is 2.50. The van der Waals surface area contributed by atoms with E-state index in [4.69, 9.17) is 4.42 Å². The van der Waals surface area contributed by atoms with E-state index in [9.17, 15) is 4.79 Å². The number of aryl methyl sites for hydroxylation is 1. The highest BCUT2D eigenvalue weighted by atomic mass is 16.3. The van der Waals surface area contributed by atoms with Gasteiger partial charge in [-0.1, -0.05) is 27.7 Å². The topological polar surface area (TPSA) is 30.2 Å². The molecule has 0 saturated heterocycles. The van der Waals surface area contributed by atoms with Crippen LogP contribution in [0.3, 0.4) is 0 Å². The van der Waals surface area contributed by atoms with Crippen molar-refractivity contribution in [2.24, 2.45) is 0 Å². The largest absolute Gasteiger partial charge is 0.465 e. The van der Waals surface area contributed by atoms with E-state index in [1.807, 2.05) is 27.7 Å². The molecule has 0 aliphatic carbocycles. The molecule has 0 bridgehead atoms. The van der Waals surface area contributed by atoms with E-state index in [0.29, 0.717) is 0 Å². The van der Waals surface area contributed by atoms with Crippen LogP contribution in [0.5, 0.6) is 0 Å². The second-order valence-electron chi connectivity index (χ2n) is 4.23. The van der Waals surface area contributed by atoms with E-state index >= 15 is 0 Å². The van der Waals surface area contributed by atoms with Crippen LogP contribution >= 0.6 is 0 Å². The standard InChI is InChI=1S/C11H16O2/c1-5-9-6-8(12)7-10(13-9)11(2,3)4/h6-7H,5H2,1-4H3. The van der Waals surface area contributed by atoms with Crippen molar-refractivity contribution < 1.29 is 4.42 Å². The molecular weight excluding hydrogens is 164 g/mol. The molecule has 0 radical (unpaired) electrons. The van der Waals surface area contributed by atoms with Gasteiger partial charge in [0.2, 0.25) is 0 Å². The van der Waals surface area contributed by atoms with Gasteiger partial charge in [0, 0.05) is 24.0 Å². The SMILES string of the molecule is CCc1cc(=O)cc(C(C)(C)C)o1. The van der Waals surface area contributed by atoms with Crippen LogP contribution in [0.25, 0.3) is 0 Å². The summed E-state index contributed by atoms with van der Waals surface area (Å²) in [6.45, 7) is 8.07. The Morgan fingerprint density at radius 2 is 1.92 bits per heavy atom. The van der Waals surface area contributed by atoms with Crippen LogP contribution in [0, 0.1) is 0 Å². The van der Waals surface area contributed by atoms with Crippen LogP contribution < -0.4 is 5.43 Å². The maximum Gasteiger partial charge on any atom is 0.185 e. The van der Waals surface area contributed by atoms with Crippen LogP contribution in [0.2, 0.25) is 0 Å². The third-order valence-corrected chi connectivity index (χ3v) is 1.91. The third kappa shape index (κ3) is 2.44. The summed E-state index contributed by atoms with van der Waals surface area (Å²) in [5.41, 5.74) is -0.0577. The molecule has 0 aromatic carbocycles. The Morgan fingerprint density at radius 1 is 1.31 bits per heavy atom. The Labute approximate surface area is 78.6 Å². The fraction of sp³-hybridized carbons (Fsp3) is 0.545. The Balaban J connectivity index is 3.24. The van der Waals surface area contributed by atoms with Crippen molar-refractivity contribution in [1.29, 1.82) is 0 Å². The van der Waals surface area contributed by atoms with Gasteiger partial charge in [-0.2, -0.15) is 0 Å². The minimum atomic E-state index is -0.0929. The fourth-order valence-corrected chi connectivity index (χ4v) is 1.07. The summed E-state index contributed by atoms with van der Waals surface area (Å²) in [6.07, 6.45) is 0.763. The zero-order valence-corrected chi connectivity index (χ0v) is 8.68. The van der Waals surface area contributed by atoms with Crippen LogP contribution in [0.15, 0.2) is 21.3 Å². The van der Waals surface area contributed by atoms with E-state index in [-0.39, 0.29) is 10.8 Å². The van der Waals surface area contributed by atoms with Crippen molar-refractivity contribution in [3.05, 3.63) is 33.9 Å². The molecule has 0 spiro atoms. The van der Waals surface area contributed by atoms with Gasteiger partial charge < -0.3 is 4.42 Å². The first kappa shape index (κ1) is 10.0. The van der Waals surface area contributed by atoms with Crippen LogP contribution in [0.4, 0.5) is 0 Å². The average molecular weight is 180 g/mol. The van der Waals surface area contributed by atoms with E-state index in [1.165, 1.54) is 0 Å². The molecule has 0 aliphatic rings. The highest BCUT2D eigenvalue weighted by Gasteiger charge is 2.17. The van der Waals surface area contributed by atoms with Crippen LogP contribution in [-0.2, 0) is 11.8 Å². The lowest BCUT2D eigenvalue weighted by Crippen LogP contribution is -2.15. The summed E-state index contributed by atoms with van der Waals surface area (Å²) in [6, 6.07) is 3.12. The molecule has 2 heteroatoms. The van der Waals surface area contributed by atoms with E-state index in [1.54, 1.807) is 12.1 Å². The molecule has 13 heavy (non-hydrogen) atoms. The van der Waals surface area contributed by atoms with Gasteiger partial charge in [0.25, 0.3) is 0 Å². The van der Waals surface area contributed by atoms with Gasteiger partial charge in [-0.3, -0.25) is 4.79 Å². The highest BCUT2D eigenvalue weighted by Crippen LogP contribution is 2.21. The molecule has 72 valence electrons. The Bertz CT molecular complexity index is 342. The Hall–Kier alpha value is -1.05. The number of hydrogen-bond acceptors (Lipinski definition) is 2. The fourth-order valence-electron chi connectivity index (χ4n) is 1.07. The summed E-state index contributed by atoms with van der Waals surface area (Å²) in [7, 11) is 0. The van der Waals surface area contributed by atoms with Crippen molar-refractivity contribution in [2.45, 2.75) is 39.5 Å². The second kappa shape index (κ2) is 3.36. The normalized spacial score (nSPS) is 11.7. The maximum atomic E-state index is 11.3. The van der Waals surface area contributed by atoms with Crippen molar-refractivity contribution in [1.82, 2.24) is 0 Å². The van der Waals surface area contributed by atoms with Gasteiger partial charge in [0.1, 0.15) is 11.5 Å². The summed E-state index contributed by atoms with van der Waals surface area (Å²) in [5.74, 6) is 1.52. The maximum absolute atomic E-state index is 11.3. The first-order valence-electron chi connectivity index (χ1n) is 4.58. The predicted molar refractivity (Wildman–Crippen MR) is 53.1 cm³/mol. The molecule has 0 unspecified atom stereocenters. The summed E-state index contributed by atoms with van der Waals surface area (Å²) in [5, 5.41) is 0. The van der Waals surface area contributed by atoms with Gasteiger partial charge in [-0.25, -0.2) is 0 Å². The molecule has 0 amide bonds.